The topological polar surface area (TPSA) is 73.1 Å². The molecule has 35 heavy (non-hydrogen) atoms. The molecule has 0 spiro atoms. The number of fused-ring (bicyclic) bond motifs is 1. The molecule has 1 aromatic heterocycles. The molecule has 0 saturated heterocycles. The first-order chi connectivity index (χ1) is 17.0. The Morgan fingerprint density at radius 3 is 2.40 bits per heavy atom. The summed E-state index contributed by atoms with van der Waals surface area (Å²) in [7, 11) is 0. The fraction of sp³-hybridized carbons (Fsp3) is 0.464. The number of carbonyl (C=O) groups excluding carboxylic acids is 1. The summed E-state index contributed by atoms with van der Waals surface area (Å²) in [4.78, 5) is 39.6. The van der Waals surface area contributed by atoms with Gasteiger partial charge in [0.25, 0.3) is 5.56 Å². The van der Waals surface area contributed by atoms with Crippen LogP contribution in [-0.2, 0) is 17.9 Å². The molecule has 0 radical (unpaired) electrons. The summed E-state index contributed by atoms with van der Waals surface area (Å²) in [6.07, 6.45) is 7.89. The largest absolute Gasteiger partial charge is 0.353 e. The molecule has 1 heterocycles. The van der Waals surface area contributed by atoms with Crippen LogP contribution in [0.25, 0.3) is 10.9 Å². The van der Waals surface area contributed by atoms with Gasteiger partial charge < -0.3 is 5.32 Å². The number of nitrogens with one attached hydrogen (secondary N) is 1. The van der Waals surface area contributed by atoms with Crippen LogP contribution in [0.2, 0.25) is 5.02 Å². The van der Waals surface area contributed by atoms with Gasteiger partial charge in [0.15, 0.2) is 0 Å². The SMILES string of the molecule is O=C(NC1CCCC1)C1CCC(Cn2c(=O)c3ccccc3n(Cc3cccc(Cl)c3)c2=O)CC1. The Morgan fingerprint density at radius 2 is 1.66 bits per heavy atom. The van der Waals surface area contributed by atoms with Crippen LogP contribution in [0.1, 0.15) is 56.9 Å². The predicted molar refractivity (Wildman–Crippen MR) is 139 cm³/mol. The Bertz CT molecular complexity index is 1330. The molecule has 2 fully saturated rings. The standard InChI is InChI=1S/C28H32ClN3O3/c29-22-7-5-6-20(16-22)18-31-25-11-4-3-10-24(25)27(34)32(28(31)35)17-19-12-14-21(15-13-19)26(33)30-23-8-1-2-9-23/h3-7,10-11,16,19,21,23H,1-2,8-9,12-15,17-18H2,(H,30,33). The second kappa shape index (κ2) is 10.4. The lowest BCUT2D eigenvalue weighted by molar-refractivity contribution is -0.126. The fourth-order valence-corrected chi connectivity index (χ4v) is 5.97. The first-order valence-corrected chi connectivity index (χ1v) is 13.1. The molecule has 2 aromatic carbocycles. The molecule has 0 aliphatic heterocycles. The van der Waals surface area contributed by atoms with Crippen molar-refractivity contribution in [2.75, 3.05) is 0 Å². The molecule has 6 nitrogen and oxygen atoms in total. The summed E-state index contributed by atoms with van der Waals surface area (Å²) in [6, 6.07) is 15.1. The lowest BCUT2D eigenvalue weighted by Gasteiger charge is -2.29. The number of para-hydroxylation sites is 1. The van der Waals surface area contributed by atoms with Crippen molar-refractivity contribution < 1.29 is 4.79 Å². The number of aromatic nitrogens is 2. The maximum absolute atomic E-state index is 13.6. The zero-order chi connectivity index (χ0) is 24.4. The van der Waals surface area contributed by atoms with E-state index in [9.17, 15) is 14.4 Å². The fourth-order valence-electron chi connectivity index (χ4n) is 5.76. The highest BCUT2D eigenvalue weighted by atomic mass is 35.5. The van der Waals surface area contributed by atoms with Crippen molar-refractivity contribution in [3.05, 3.63) is 80.0 Å². The number of amides is 1. The van der Waals surface area contributed by atoms with Crippen molar-refractivity contribution >= 4 is 28.4 Å². The Kier molecular flexibility index (Phi) is 7.09. The molecule has 1 N–H and O–H groups in total. The van der Waals surface area contributed by atoms with Crippen LogP contribution < -0.4 is 16.6 Å². The molecule has 2 saturated carbocycles. The highest BCUT2D eigenvalue weighted by Crippen LogP contribution is 2.30. The molecule has 0 atom stereocenters. The average molecular weight is 494 g/mol. The van der Waals surface area contributed by atoms with E-state index in [1.54, 1.807) is 16.7 Å². The zero-order valence-corrected chi connectivity index (χ0v) is 20.7. The van der Waals surface area contributed by atoms with Crippen molar-refractivity contribution in [3.63, 3.8) is 0 Å². The monoisotopic (exact) mass is 493 g/mol. The second-order valence-corrected chi connectivity index (χ2v) is 10.6. The summed E-state index contributed by atoms with van der Waals surface area (Å²) in [5.41, 5.74) is 0.999. The molecule has 3 aromatic rings. The number of hydrogen-bond acceptors (Lipinski definition) is 3. The highest BCUT2D eigenvalue weighted by Gasteiger charge is 2.29. The van der Waals surface area contributed by atoms with Gasteiger partial charge in [-0.2, -0.15) is 0 Å². The minimum Gasteiger partial charge on any atom is -0.353 e. The van der Waals surface area contributed by atoms with Crippen LogP contribution in [-0.4, -0.2) is 21.1 Å². The van der Waals surface area contributed by atoms with E-state index >= 15 is 0 Å². The first kappa shape index (κ1) is 23.9. The Balaban J connectivity index is 1.35. The molecular weight excluding hydrogens is 462 g/mol. The van der Waals surface area contributed by atoms with Crippen LogP contribution in [0.4, 0.5) is 0 Å². The Morgan fingerprint density at radius 1 is 0.914 bits per heavy atom. The van der Waals surface area contributed by atoms with Gasteiger partial charge in [0.2, 0.25) is 5.91 Å². The van der Waals surface area contributed by atoms with Crippen molar-refractivity contribution in [2.24, 2.45) is 11.8 Å². The van der Waals surface area contributed by atoms with E-state index in [4.69, 9.17) is 11.6 Å². The molecule has 2 aliphatic carbocycles. The van der Waals surface area contributed by atoms with Gasteiger partial charge in [-0.25, -0.2) is 4.79 Å². The maximum atomic E-state index is 13.6. The van der Waals surface area contributed by atoms with E-state index in [1.165, 1.54) is 17.4 Å². The quantitative estimate of drug-likeness (QED) is 0.539. The van der Waals surface area contributed by atoms with Crippen LogP contribution in [0.3, 0.4) is 0 Å². The first-order valence-electron chi connectivity index (χ1n) is 12.8. The van der Waals surface area contributed by atoms with Gasteiger partial charge in [-0.1, -0.05) is 48.7 Å². The number of hydrogen-bond donors (Lipinski definition) is 1. The molecule has 2 aliphatic rings. The zero-order valence-electron chi connectivity index (χ0n) is 19.9. The Labute approximate surface area is 209 Å². The summed E-state index contributed by atoms with van der Waals surface area (Å²) >= 11 is 6.16. The van der Waals surface area contributed by atoms with Crippen molar-refractivity contribution in [2.45, 2.75) is 70.5 Å². The van der Waals surface area contributed by atoms with Gasteiger partial charge >= 0.3 is 5.69 Å². The third kappa shape index (κ3) is 5.22. The van der Waals surface area contributed by atoms with Crippen molar-refractivity contribution in [1.82, 2.24) is 14.5 Å². The van der Waals surface area contributed by atoms with Crippen molar-refractivity contribution in [1.29, 1.82) is 0 Å². The minimum absolute atomic E-state index is 0.0414. The normalized spacial score (nSPS) is 20.8. The predicted octanol–water partition coefficient (Wildman–Crippen LogP) is 4.73. The summed E-state index contributed by atoms with van der Waals surface area (Å²) in [5, 5.41) is 4.38. The van der Waals surface area contributed by atoms with Gasteiger partial charge in [0, 0.05) is 23.5 Å². The molecule has 0 unspecified atom stereocenters. The highest BCUT2D eigenvalue weighted by molar-refractivity contribution is 6.30. The molecular formula is C28H32ClN3O3. The maximum Gasteiger partial charge on any atom is 0.331 e. The second-order valence-electron chi connectivity index (χ2n) is 10.1. The van der Waals surface area contributed by atoms with Gasteiger partial charge in [0.1, 0.15) is 0 Å². The minimum atomic E-state index is -0.297. The van der Waals surface area contributed by atoms with E-state index in [1.807, 2.05) is 36.4 Å². The van der Waals surface area contributed by atoms with Crippen molar-refractivity contribution in [3.8, 4) is 0 Å². The number of halogens is 1. The number of rotatable bonds is 6. The van der Waals surface area contributed by atoms with Crippen LogP contribution in [0, 0.1) is 11.8 Å². The van der Waals surface area contributed by atoms with Crippen LogP contribution in [0.5, 0.6) is 0 Å². The van der Waals surface area contributed by atoms with Crippen LogP contribution >= 0.6 is 11.6 Å². The lowest BCUT2D eigenvalue weighted by Crippen LogP contribution is -2.43. The van der Waals surface area contributed by atoms with Gasteiger partial charge in [-0.3, -0.25) is 18.7 Å². The molecule has 7 heteroatoms. The Hall–Kier alpha value is -2.86. The van der Waals surface area contributed by atoms with Gasteiger partial charge in [-0.05, 0) is 74.3 Å². The van der Waals surface area contributed by atoms with Gasteiger partial charge in [-0.15, -0.1) is 0 Å². The van der Waals surface area contributed by atoms with E-state index in [-0.39, 0.29) is 29.0 Å². The summed E-state index contributed by atoms with van der Waals surface area (Å²) in [6.45, 7) is 0.725. The molecule has 184 valence electrons. The average Bonchev–Trinajstić information content (AvgIpc) is 3.38. The molecule has 1 amide bonds. The van der Waals surface area contributed by atoms with E-state index in [0.717, 1.165) is 44.1 Å². The summed E-state index contributed by atoms with van der Waals surface area (Å²) < 4.78 is 3.07. The molecule has 5 rings (SSSR count). The van der Waals surface area contributed by atoms with Crippen LogP contribution in [0.15, 0.2) is 58.1 Å². The summed E-state index contributed by atoms with van der Waals surface area (Å²) in [5.74, 6) is 0.429. The number of benzene rings is 2. The third-order valence-corrected chi connectivity index (χ3v) is 7.96. The smallest absolute Gasteiger partial charge is 0.331 e. The van der Waals surface area contributed by atoms with E-state index < -0.39 is 0 Å². The van der Waals surface area contributed by atoms with E-state index in [2.05, 4.69) is 5.32 Å². The van der Waals surface area contributed by atoms with Gasteiger partial charge in [0.05, 0.1) is 17.4 Å². The molecule has 0 bridgehead atoms. The number of nitrogens with zero attached hydrogens (tertiary/aromatic N) is 2. The lowest BCUT2D eigenvalue weighted by atomic mass is 9.81. The van der Waals surface area contributed by atoms with E-state index in [0.29, 0.717) is 35.1 Å². The number of carbonyl (C=O) groups is 1. The third-order valence-electron chi connectivity index (χ3n) is 7.72.